The largest absolute Gasteiger partial charge is 0.431 e. The summed E-state index contributed by atoms with van der Waals surface area (Å²) in [5.41, 5.74) is 0.496. The van der Waals surface area contributed by atoms with Gasteiger partial charge in [0.25, 0.3) is 0 Å². The Hall–Kier alpha value is -1.79. The van der Waals surface area contributed by atoms with Gasteiger partial charge in [0.05, 0.1) is 31.2 Å². The molecule has 0 amide bonds. The van der Waals surface area contributed by atoms with Crippen LogP contribution in [0.5, 0.6) is 0 Å². The van der Waals surface area contributed by atoms with Gasteiger partial charge in [-0.2, -0.15) is 0 Å². The van der Waals surface area contributed by atoms with Gasteiger partial charge >= 0.3 is 5.63 Å². The third kappa shape index (κ3) is 5.75. The van der Waals surface area contributed by atoms with Gasteiger partial charge in [0.1, 0.15) is 48.8 Å². The zero-order chi connectivity index (χ0) is 35.7. The first kappa shape index (κ1) is 36.6. The summed E-state index contributed by atoms with van der Waals surface area (Å²) in [5, 5.41) is 84.9. The van der Waals surface area contributed by atoms with Crippen molar-refractivity contribution in [3.8, 4) is 0 Å². The van der Waals surface area contributed by atoms with E-state index in [1.165, 1.54) is 11.6 Å². The summed E-state index contributed by atoms with van der Waals surface area (Å²) in [6.45, 7) is 3.17. The van der Waals surface area contributed by atoms with Crippen LogP contribution in [0.3, 0.4) is 0 Å². The van der Waals surface area contributed by atoms with Crippen molar-refractivity contribution in [3.63, 3.8) is 0 Å². The van der Waals surface area contributed by atoms with Crippen LogP contribution in [-0.2, 0) is 18.9 Å². The maximum absolute atomic E-state index is 12.5. The molecule has 7 rings (SSSR count). The Balaban J connectivity index is 1.03. The predicted molar refractivity (Wildman–Crippen MR) is 172 cm³/mol. The molecule has 5 fully saturated rings. The SMILES string of the molecule is C[C@]12CC[C@H](O[C@H]3O[C@H](CO)[C@@H](O[C@@H]4O[C@H](CO)[C@@H](O)[C@H](O)[C@H]4O)[C@@H](O)[C@H]3O)C=C1CC[C@@H]1[C@@H]2CC[C@]2(C)[C@@H](c3ccc(=O)oc3)CC[C@]12O. The second-order valence-corrected chi connectivity index (χ2v) is 15.9. The van der Waals surface area contributed by atoms with E-state index in [4.69, 9.17) is 23.4 Å². The molecule has 0 aromatic carbocycles. The molecule has 8 N–H and O–H groups in total. The number of aliphatic hydroxyl groups excluding tert-OH is 7. The van der Waals surface area contributed by atoms with Crippen LogP contribution in [0.25, 0.3) is 0 Å². The Morgan fingerprint density at radius 3 is 2.18 bits per heavy atom. The summed E-state index contributed by atoms with van der Waals surface area (Å²) in [4.78, 5) is 11.6. The van der Waals surface area contributed by atoms with Crippen LogP contribution >= 0.6 is 0 Å². The zero-order valence-electron chi connectivity index (χ0n) is 28.5. The Bertz CT molecular complexity index is 1440. The van der Waals surface area contributed by atoms with E-state index in [0.29, 0.717) is 12.8 Å². The summed E-state index contributed by atoms with van der Waals surface area (Å²) >= 11 is 0. The summed E-state index contributed by atoms with van der Waals surface area (Å²) in [7, 11) is 0. The summed E-state index contributed by atoms with van der Waals surface area (Å²) in [5.74, 6) is 0.492. The molecule has 14 heteroatoms. The quantitative estimate of drug-likeness (QED) is 0.172. The lowest BCUT2D eigenvalue weighted by Crippen LogP contribution is -2.65. The first-order valence-corrected chi connectivity index (χ1v) is 18.0. The van der Waals surface area contributed by atoms with Crippen LogP contribution in [0.1, 0.15) is 76.7 Å². The lowest BCUT2D eigenvalue weighted by molar-refractivity contribution is -0.361. The molecule has 14 nitrogen and oxygen atoms in total. The predicted octanol–water partition coefficient (Wildman–Crippen LogP) is -0.190. The number of allylic oxidation sites excluding steroid dienone is 1. The third-order valence-electron chi connectivity index (χ3n) is 13.7. The van der Waals surface area contributed by atoms with Gasteiger partial charge in [0.15, 0.2) is 12.6 Å². The van der Waals surface area contributed by atoms with Crippen LogP contribution in [-0.4, -0.2) is 127 Å². The van der Waals surface area contributed by atoms with E-state index in [1.807, 2.05) is 6.07 Å². The highest BCUT2D eigenvalue weighted by molar-refractivity contribution is 5.31. The topological polar surface area (TPSA) is 229 Å². The van der Waals surface area contributed by atoms with E-state index in [2.05, 4.69) is 19.9 Å². The second-order valence-electron chi connectivity index (χ2n) is 15.9. The van der Waals surface area contributed by atoms with Gasteiger partial charge in [-0.05, 0) is 86.2 Å². The first-order chi connectivity index (χ1) is 23.8. The monoisotopic (exact) mass is 708 g/mol. The van der Waals surface area contributed by atoms with Crippen LogP contribution in [0.2, 0.25) is 0 Å². The fourth-order valence-corrected chi connectivity index (χ4v) is 10.7. The van der Waals surface area contributed by atoms with Crippen LogP contribution in [0.4, 0.5) is 0 Å². The van der Waals surface area contributed by atoms with E-state index >= 15 is 0 Å². The third-order valence-corrected chi connectivity index (χ3v) is 13.7. The molecule has 0 unspecified atom stereocenters. The minimum atomic E-state index is -1.74. The highest BCUT2D eigenvalue weighted by Gasteiger charge is 2.67. The van der Waals surface area contributed by atoms with Gasteiger partial charge in [-0.25, -0.2) is 4.79 Å². The maximum Gasteiger partial charge on any atom is 0.335 e. The molecular weight excluding hydrogens is 656 g/mol. The molecule has 2 saturated heterocycles. The fraction of sp³-hybridized carbons (Fsp3) is 0.806. The molecule has 1 aromatic rings. The number of hydrogen-bond acceptors (Lipinski definition) is 14. The Labute approximate surface area is 290 Å². The molecule has 0 radical (unpaired) electrons. The highest BCUT2D eigenvalue weighted by atomic mass is 16.7. The minimum Gasteiger partial charge on any atom is -0.431 e. The standard InChI is InChI=1S/C36H52O14/c1-34-10-7-19(47-32-30(44)28(42)31(24(15-38)49-32)50-33-29(43)27(41)26(40)23(14-37)48-33)13-18(34)4-5-22-21(34)8-11-35(2)20(9-12-36(22,35)45)17-3-6-25(39)46-16-17/h3,6,13,16,19-24,26-33,37-38,40-45H,4-5,7-12,14-15H2,1-2H3/t19-,20+,21-,22+,23+,24+,26+,27-,28-,29+,30+,31+,32-,33-,34-,35+,36-/m0/s1. The van der Waals surface area contributed by atoms with Crippen LogP contribution in [0, 0.1) is 22.7 Å². The number of aliphatic hydroxyl groups is 8. The molecule has 3 saturated carbocycles. The van der Waals surface area contributed by atoms with E-state index in [-0.39, 0.29) is 34.2 Å². The first-order valence-electron chi connectivity index (χ1n) is 18.0. The van der Waals surface area contributed by atoms with E-state index in [1.54, 1.807) is 6.26 Å². The van der Waals surface area contributed by atoms with Crippen molar-refractivity contribution in [2.24, 2.45) is 22.7 Å². The van der Waals surface area contributed by atoms with Gasteiger partial charge in [-0.3, -0.25) is 0 Å². The molecule has 0 spiro atoms. The average Bonchev–Trinajstić information content (AvgIpc) is 3.39. The lowest BCUT2D eigenvalue weighted by Gasteiger charge is -2.62. The van der Waals surface area contributed by atoms with Crippen molar-refractivity contribution < 1.29 is 64.2 Å². The van der Waals surface area contributed by atoms with E-state index in [9.17, 15) is 45.6 Å². The Morgan fingerprint density at radius 2 is 1.48 bits per heavy atom. The van der Waals surface area contributed by atoms with Gasteiger partial charge < -0.3 is 64.2 Å². The van der Waals surface area contributed by atoms with Gasteiger partial charge in [-0.15, -0.1) is 0 Å². The molecule has 1 aromatic heterocycles. The second kappa shape index (κ2) is 13.6. The lowest BCUT2D eigenvalue weighted by atomic mass is 9.45. The Morgan fingerprint density at radius 1 is 0.780 bits per heavy atom. The maximum atomic E-state index is 12.5. The van der Waals surface area contributed by atoms with Gasteiger partial charge in [-0.1, -0.05) is 25.5 Å². The van der Waals surface area contributed by atoms with Crippen LogP contribution in [0.15, 0.2) is 39.3 Å². The number of hydrogen-bond donors (Lipinski definition) is 8. The Kier molecular flexibility index (Phi) is 9.92. The molecule has 3 heterocycles. The van der Waals surface area contributed by atoms with Crippen molar-refractivity contribution in [1.82, 2.24) is 0 Å². The summed E-state index contributed by atoms with van der Waals surface area (Å²) in [6.07, 6.45) is -5.51. The zero-order valence-corrected chi connectivity index (χ0v) is 28.5. The molecule has 4 aliphatic carbocycles. The van der Waals surface area contributed by atoms with Crippen molar-refractivity contribution >= 4 is 0 Å². The summed E-state index contributed by atoms with van der Waals surface area (Å²) in [6, 6.07) is 3.30. The van der Waals surface area contributed by atoms with Crippen molar-refractivity contribution in [2.45, 2.75) is 144 Å². The summed E-state index contributed by atoms with van der Waals surface area (Å²) < 4.78 is 28.4. The van der Waals surface area contributed by atoms with Crippen molar-refractivity contribution in [3.05, 3.63) is 46.0 Å². The number of fused-ring (bicyclic) bond motifs is 5. The molecule has 17 atom stereocenters. The highest BCUT2D eigenvalue weighted by Crippen LogP contribution is 2.70. The molecule has 2 aliphatic heterocycles. The normalized spacial score (nSPS) is 50.6. The molecule has 0 bridgehead atoms. The van der Waals surface area contributed by atoms with E-state index < -0.39 is 86.3 Å². The fourth-order valence-electron chi connectivity index (χ4n) is 10.7. The van der Waals surface area contributed by atoms with E-state index in [0.717, 1.165) is 44.1 Å². The minimum absolute atomic E-state index is 0.105. The van der Waals surface area contributed by atoms with Crippen LogP contribution < -0.4 is 5.63 Å². The molecular formula is C36H52O14. The number of ether oxygens (including phenoxy) is 4. The molecule has 6 aliphatic rings. The average molecular weight is 709 g/mol. The van der Waals surface area contributed by atoms with Crippen molar-refractivity contribution in [2.75, 3.05) is 13.2 Å². The van der Waals surface area contributed by atoms with Gasteiger partial charge in [0, 0.05) is 11.5 Å². The smallest absolute Gasteiger partial charge is 0.335 e. The number of rotatable bonds is 7. The molecule has 50 heavy (non-hydrogen) atoms. The van der Waals surface area contributed by atoms with Gasteiger partial charge in [0.2, 0.25) is 0 Å². The van der Waals surface area contributed by atoms with Crippen molar-refractivity contribution in [1.29, 1.82) is 0 Å². The molecule has 280 valence electrons.